The number of aliphatic hydroxyl groups is 1. The van der Waals surface area contributed by atoms with Crippen molar-refractivity contribution in [2.45, 2.75) is 119 Å². The van der Waals surface area contributed by atoms with E-state index in [1.54, 1.807) is 171 Å². The Balaban J connectivity index is 0.000000232. The van der Waals surface area contributed by atoms with E-state index in [0.29, 0.717) is 73.2 Å². The van der Waals surface area contributed by atoms with Gasteiger partial charge in [0.05, 0.1) is 141 Å². The van der Waals surface area contributed by atoms with Crippen LogP contribution < -0.4 is 55.9 Å². The van der Waals surface area contributed by atoms with Crippen LogP contribution in [0.2, 0.25) is 0 Å². The Morgan fingerprint density at radius 2 is 0.750 bits per heavy atom. The van der Waals surface area contributed by atoms with Gasteiger partial charge < -0.3 is 72.7 Å². The topological polar surface area (TPSA) is 595 Å². The third-order valence-corrected chi connectivity index (χ3v) is 22.0. The van der Waals surface area contributed by atoms with Gasteiger partial charge in [0, 0.05) is 150 Å². The average Bonchev–Trinajstić information content (AvgIpc) is 1.57. The smallest absolute Gasteiger partial charge is 0.870 e. The molecule has 4 saturated heterocycles. The second kappa shape index (κ2) is 49.5. The number of aryl methyl sites for hydroxylation is 5. The number of rotatable bonds is 23. The summed E-state index contributed by atoms with van der Waals surface area (Å²) in [5.41, 5.74) is 15.9. The molecule has 0 bridgehead atoms. The number of aromatic carboxylic acids is 2. The van der Waals surface area contributed by atoms with Crippen LogP contribution in [0.5, 0.6) is 0 Å². The largest absolute Gasteiger partial charge is 1.00 e. The third kappa shape index (κ3) is 28.9. The Bertz CT molecular complexity index is 6450. The summed E-state index contributed by atoms with van der Waals surface area (Å²) < 4.78 is 33.7. The Hall–Kier alpha value is -15.2. The first-order chi connectivity index (χ1) is 62.7. The van der Waals surface area contributed by atoms with Crippen LogP contribution in [0.15, 0.2) is 201 Å². The quantitative estimate of drug-likeness (QED) is 0.0124. The SMILES string of the molecule is C.C.CC(=O)N1CC(n2cc(Nc3ncc(C)c(-c4ccc(C(=O)C[C@@H](C)C#N)cc4)n3)cn2)C1.CC(=O)N1CC(n2cc(Nc3ncc(C)c(-c4ccc(C(=O)O)cc4)n3)cn2)C1.COC(=O)c1ccc(-c2nc(Nc3cnn(C4CNC4)c3)ncc2C)cc1.C[C@H](O)C#N.Cc1ccc(S(N)(=O)=O)cc1.Cc1cnc(Nc2cnn(C3CNC3)c2)nc1-c1ccc(C(=O)O)cc1.O.[Li+].[OH-]. The number of ketones is 1. The summed E-state index contributed by atoms with van der Waals surface area (Å²) in [7, 11) is -2.15. The molecule has 13 aromatic rings. The number of sulfonamides is 1. The molecular weight excluding hydrogens is 1760 g/mol. The summed E-state index contributed by atoms with van der Waals surface area (Å²) >= 11 is 0. The number of primary sulfonamides is 1. The molecule has 0 spiro atoms. The molecule has 0 saturated carbocycles. The predicted molar refractivity (Wildman–Crippen MR) is 505 cm³/mol. The molecule has 0 unspecified atom stereocenters. The van der Waals surface area contributed by atoms with E-state index in [1.807, 2.05) is 102 Å². The number of carboxylic acids is 2. The molecule has 4 fully saturated rings. The fourth-order valence-corrected chi connectivity index (χ4v) is 13.7. The number of benzene rings is 5. The van der Waals surface area contributed by atoms with Crippen LogP contribution in [0.1, 0.15) is 142 Å². The van der Waals surface area contributed by atoms with Crippen molar-refractivity contribution in [1.29, 1.82) is 10.5 Å². The summed E-state index contributed by atoms with van der Waals surface area (Å²) in [5.74, 6) is -0.645. The van der Waals surface area contributed by atoms with Gasteiger partial charge in [-0.3, -0.25) is 33.1 Å². The maximum atomic E-state index is 12.3. The van der Waals surface area contributed by atoms with Crippen molar-refractivity contribution in [1.82, 2.24) is 99.4 Å². The van der Waals surface area contributed by atoms with Crippen molar-refractivity contribution in [2.75, 3.05) is 80.7 Å². The van der Waals surface area contributed by atoms with Gasteiger partial charge in [0.1, 0.15) is 6.10 Å². The van der Waals surface area contributed by atoms with Crippen LogP contribution in [-0.4, -0.2) is 225 Å². The predicted octanol–water partition coefficient (Wildman–Crippen LogP) is 8.39. The number of anilines is 8. The molecule has 2 amide bonds. The molecular formula is C93H108LiN27O14S. The van der Waals surface area contributed by atoms with Crippen molar-refractivity contribution >= 4 is 92.1 Å². The molecule has 706 valence electrons. The molecule has 0 radical (unpaired) electrons. The van der Waals surface area contributed by atoms with Gasteiger partial charge in [-0.15, -0.1) is 0 Å². The molecule has 12 heterocycles. The molecule has 43 heteroatoms. The molecule has 4 aliphatic rings. The fourth-order valence-electron chi connectivity index (χ4n) is 13.2. The number of nitrogens with two attached hydrogens (primary N) is 1. The number of nitrogens with one attached hydrogen (secondary N) is 6. The number of carbonyl (C=O) groups excluding carboxylic acids is 4. The number of carbonyl (C=O) groups is 6. The van der Waals surface area contributed by atoms with Gasteiger partial charge in [-0.1, -0.05) is 93.2 Å². The van der Waals surface area contributed by atoms with Crippen LogP contribution in [-0.2, 0) is 24.3 Å². The second-order valence-electron chi connectivity index (χ2n) is 31.2. The number of hydrogen-bond donors (Lipinski definition) is 10. The van der Waals surface area contributed by atoms with Crippen molar-refractivity contribution in [3.8, 4) is 57.2 Å². The van der Waals surface area contributed by atoms with Crippen molar-refractivity contribution < 1.29 is 87.1 Å². The zero-order chi connectivity index (χ0) is 93.7. The molecule has 2 atom stereocenters. The summed E-state index contributed by atoms with van der Waals surface area (Å²) in [4.78, 5) is 108. The van der Waals surface area contributed by atoms with E-state index in [2.05, 4.69) is 98.2 Å². The number of nitriles is 2. The number of aromatic nitrogens is 16. The minimum absolute atomic E-state index is 0. The molecule has 5 aromatic carbocycles. The Kier molecular flexibility index (Phi) is 39.2. The number of methoxy groups -OCH3 is 1. The first-order valence-corrected chi connectivity index (χ1v) is 42.9. The van der Waals surface area contributed by atoms with Gasteiger partial charge in [0.15, 0.2) is 5.78 Å². The maximum absolute atomic E-state index is 12.3. The number of carboxylic acid groups (broad SMARTS) is 2. The van der Waals surface area contributed by atoms with Gasteiger partial charge in [-0.25, -0.2) is 67.8 Å². The molecule has 0 aliphatic carbocycles. The van der Waals surface area contributed by atoms with Crippen LogP contribution in [0, 0.1) is 63.2 Å². The van der Waals surface area contributed by atoms with E-state index in [0.717, 1.165) is 122 Å². The van der Waals surface area contributed by atoms with Gasteiger partial charge in [-0.05, 0) is 119 Å². The van der Waals surface area contributed by atoms with Crippen molar-refractivity contribution in [3.05, 3.63) is 246 Å². The zero-order valence-corrected chi connectivity index (χ0v) is 76.0. The molecule has 17 rings (SSSR count). The number of aliphatic hydroxyl groups excluding tert-OH is 1. The summed E-state index contributed by atoms with van der Waals surface area (Å²) in [5, 5.41) is 84.2. The van der Waals surface area contributed by atoms with Gasteiger partial charge in [0.2, 0.25) is 45.6 Å². The molecule has 136 heavy (non-hydrogen) atoms. The minimum atomic E-state index is -3.52. The Morgan fingerprint density at radius 3 is 0.993 bits per heavy atom. The molecule has 4 aliphatic heterocycles. The van der Waals surface area contributed by atoms with E-state index in [4.69, 9.17) is 35.7 Å². The average molecular weight is 1870 g/mol. The number of Topliss-reactive ketones (excluding diaryl/α,β-unsaturated/α-hetero) is 1. The van der Waals surface area contributed by atoms with E-state index in [-0.39, 0.29) is 109 Å². The van der Waals surface area contributed by atoms with Gasteiger partial charge in [0.25, 0.3) is 0 Å². The first kappa shape index (κ1) is 108. The van der Waals surface area contributed by atoms with Crippen LogP contribution in [0.4, 0.5) is 46.5 Å². The van der Waals surface area contributed by atoms with Crippen LogP contribution in [0.25, 0.3) is 45.0 Å². The normalized spacial score (nSPS) is 13.2. The summed E-state index contributed by atoms with van der Waals surface area (Å²) in [6.45, 7) is 22.3. The monoisotopic (exact) mass is 1870 g/mol. The van der Waals surface area contributed by atoms with Crippen LogP contribution >= 0.6 is 0 Å². The maximum Gasteiger partial charge on any atom is 1.00 e. The first-order valence-electron chi connectivity index (χ1n) is 41.3. The van der Waals surface area contributed by atoms with Gasteiger partial charge in [-0.2, -0.15) is 30.9 Å². The second-order valence-corrected chi connectivity index (χ2v) is 32.8. The summed E-state index contributed by atoms with van der Waals surface area (Å²) in [6, 6.07) is 38.9. The number of amides is 2. The minimum Gasteiger partial charge on any atom is -0.870 e. The van der Waals surface area contributed by atoms with E-state index >= 15 is 0 Å². The number of nitrogens with zero attached hydrogens (tertiary/aromatic N) is 20. The number of ether oxygens (including phenoxy) is 1. The van der Waals surface area contributed by atoms with Crippen LogP contribution in [0.3, 0.4) is 0 Å². The fraction of sp³-hybridized carbons (Fsp3) is 0.290. The Morgan fingerprint density at radius 1 is 0.471 bits per heavy atom. The third-order valence-electron chi connectivity index (χ3n) is 21.1. The van der Waals surface area contributed by atoms with Crippen molar-refractivity contribution in [3.63, 3.8) is 0 Å². The number of likely N-dealkylation sites (tertiary alicyclic amines) is 2. The van der Waals surface area contributed by atoms with Gasteiger partial charge >= 0.3 is 36.8 Å². The van der Waals surface area contributed by atoms with E-state index in [9.17, 15) is 37.2 Å². The van der Waals surface area contributed by atoms with E-state index < -0.39 is 28.1 Å². The summed E-state index contributed by atoms with van der Waals surface area (Å²) in [6.07, 6.45) is 21.0. The van der Waals surface area contributed by atoms with E-state index in [1.165, 1.54) is 26.2 Å². The zero-order valence-electron chi connectivity index (χ0n) is 75.2. The van der Waals surface area contributed by atoms with Crippen molar-refractivity contribution in [2.24, 2.45) is 11.1 Å². The molecule has 41 nitrogen and oxygen atoms in total. The standard InChI is InChI=1S/C24H25N7O2.C20H20N6O3.C19H20N6O2.C18H18N6O2.C7H9NO2S.C3H5NO.2CH4.Li.2H2O/c1-15(9-25)8-22(33)18-4-6-19(7-5-18)23-16(2)10-26-24(29-23)28-20-11-27-31(12-20)21-13-30(14-21)17(3)32;1-12-7-21-20(24-18(12)14-3-5-15(6-4-14)19(28)29)23-16-8-22-26(9-16)17-10-25(11-17)13(2)27;1-12-7-21-19(23-15-8-22-25(11-15)16-9-20-10-16)24-17(12)13-3-5-14(6-4-13)18(26)27-2;1-11-6-20-18(22-14-7-21-24(10-14)15-8-19-9-15)23-16(11)12-2-4-13(5-3-12)17(25)26;1-6-2-4-7(5-3-6)11(8,9)10;1-3(5)2-4;;;;;/h4-7,10-12,15,21H,8,13-14H2,1-3H3,(H,26,28,29);3-9,17H,10-11H2,1-2H3,(H,28,29)(H,21,23,24);3-8,11,16,20H,9-10H2,1-2H3,(H,21,23,24);2-7,10,15,19H,8-9H2,1H3,(H,25,26)(H,20,22,23);2-5H,1H3,(H2,8,9,10);3,5H,1H3;2*1H4;;2*1H2/q;;;;;;;;+1;;/p-1/t15-;;;;;3-;;;;;/m1....0...../s1. The number of esters is 1. The molecule has 14 N–H and O–H groups in total. The Labute approximate surface area is 798 Å². The number of hydrogen-bond acceptors (Lipinski definition) is 31. The molecule has 8 aromatic heterocycles.